The fourth-order valence-corrected chi connectivity index (χ4v) is 12.9. The molecule has 0 rings (SSSR count). The predicted molar refractivity (Wildman–Crippen MR) is 377 cm³/mol. The van der Waals surface area contributed by atoms with Crippen LogP contribution in [0.3, 0.4) is 0 Å². The lowest BCUT2D eigenvalue weighted by Crippen LogP contribution is -2.30. The Morgan fingerprint density at radius 3 is 0.731 bits per heavy atom. The van der Waals surface area contributed by atoms with Crippen molar-refractivity contribution >= 4 is 39.5 Å². The zero-order valence-corrected chi connectivity index (χ0v) is 62.3. The lowest BCUT2D eigenvalue weighted by Gasteiger charge is -2.21. The van der Waals surface area contributed by atoms with E-state index >= 15 is 0 Å². The van der Waals surface area contributed by atoms with Gasteiger partial charge in [0.2, 0.25) is 0 Å². The van der Waals surface area contributed by atoms with Crippen LogP contribution in [0.4, 0.5) is 0 Å². The zero-order chi connectivity index (χ0) is 68.6. The minimum Gasteiger partial charge on any atom is -0.462 e. The molecule has 0 heterocycles. The summed E-state index contributed by atoms with van der Waals surface area (Å²) in [5.74, 6) is -0.603. The van der Waals surface area contributed by atoms with Crippen molar-refractivity contribution in [1.82, 2.24) is 0 Å². The molecule has 19 heteroatoms. The lowest BCUT2D eigenvalue weighted by atomic mass is 10.0. The Balaban J connectivity index is 5.14. The first-order valence-electron chi connectivity index (χ1n) is 38.5. The first-order valence-corrected chi connectivity index (χ1v) is 41.5. The third-order valence-corrected chi connectivity index (χ3v) is 19.1. The standard InChI is InChI=1S/C74H144O17P2/c1-7-9-11-13-14-15-16-17-18-19-20-21-22-23-26-30-35-40-46-52-58-73(78)91-70(63-85-72(77)57-51-45-39-34-29-27-24-25-28-32-37-43-48-54-66(3)4)65-89-93(82,83)87-61-68(75)60-86-92(80,81)88-64-69(62-84-71(76)56-50-42-12-10-8-2)90-74(79)59-53-47-41-36-31-33-38-44-49-55-67(5)6/h66-70,75H,7-65H2,1-6H3,(H,80,81)(H,82,83)/t68-,69+,70+/m0/s1. The highest BCUT2D eigenvalue weighted by Gasteiger charge is 2.30. The molecule has 93 heavy (non-hydrogen) atoms. The van der Waals surface area contributed by atoms with E-state index in [1.165, 1.54) is 193 Å². The number of carbonyl (C=O) groups excluding carboxylic acids is 4. The van der Waals surface area contributed by atoms with Gasteiger partial charge in [-0.2, -0.15) is 0 Å². The van der Waals surface area contributed by atoms with Crippen LogP contribution in [-0.4, -0.2) is 96.7 Å². The molecule has 17 nitrogen and oxygen atoms in total. The van der Waals surface area contributed by atoms with Crippen molar-refractivity contribution in [2.24, 2.45) is 11.8 Å². The van der Waals surface area contributed by atoms with Gasteiger partial charge >= 0.3 is 39.5 Å². The first-order chi connectivity index (χ1) is 44.9. The summed E-state index contributed by atoms with van der Waals surface area (Å²) >= 11 is 0. The van der Waals surface area contributed by atoms with Crippen molar-refractivity contribution in [1.29, 1.82) is 0 Å². The monoisotopic (exact) mass is 1370 g/mol. The third-order valence-electron chi connectivity index (χ3n) is 17.2. The number of aliphatic hydroxyl groups excluding tert-OH is 1. The summed E-state index contributed by atoms with van der Waals surface area (Å²) in [5.41, 5.74) is 0. The van der Waals surface area contributed by atoms with E-state index in [0.717, 1.165) is 108 Å². The summed E-state index contributed by atoms with van der Waals surface area (Å²) in [4.78, 5) is 72.4. The molecule has 2 unspecified atom stereocenters. The van der Waals surface area contributed by atoms with E-state index in [2.05, 4.69) is 41.5 Å². The van der Waals surface area contributed by atoms with Crippen LogP contribution in [0.2, 0.25) is 0 Å². The van der Waals surface area contributed by atoms with Crippen molar-refractivity contribution in [3.63, 3.8) is 0 Å². The van der Waals surface area contributed by atoms with Crippen molar-refractivity contribution in [2.75, 3.05) is 39.6 Å². The zero-order valence-electron chi connectivity index (χ0n) is 60.6. The second kappa shape index (κ2) is 66.0. The minimum atomic E-state index is -4.95. The van der Waals surface area contributed by atoms with Gasteiger partial charge in [0, 0.05) is 25.7 Å². The van der Waals surface area contributed by atoms with E-state index in [1.807, 2.05) is 0 Å². The van der Waals surface area contributed by atoms with Crippen LogP contribution >= 0.6 is 15.6 Å². The molecule has 0 saturated carbocycles. The maximum Gasteiger partial charge on any atom is 0.472 e. The van der Waals surface area contributed by atoms with E-state index in [-0.39, 0.29) is 25.7 Å². The normalized spacial score (nSPS) is 14.1. The quantitative estimate of drug-likeness (QED) is 0.0222. The van der Waals surface area contributed by atoms with Gasteiger partial charge in [-0.05, 0) is 37.5 Å². The van der Waals surface area contributed by atoms with Gasteiger partial charge in [0.15, 0.2) is 12.2 Å². The van der Waals surface area contributed by atoms with Gasteiger partial charge in [0.1, 0.15) is 19.3 Å². The third kappa shape index (κ3) is 68.4. The van der Waals surface area contributed by atoms with Crippen LogP contribution in [0.1, 0.15) is 382 Å². The summed E-state index contributed by atoms with van der Waals surface area (Å²) in [7, 11) is -9.90. The molecule has 3 N–H and O–H groups in total. The number of carbonyl (C=O) groups is 4. The van der Waals surface area contributed by atoms with Crippen LogP contribution in [0, 0.1) is 11.8 Å². The number of unbranched alkanes of at least 4 members (excludes halogenated alkanes) is 43. The number of hydrogen-bond donors (Lipinski definition) is 3. The lowest BCUT2D eigenvalue weighted by molar-refractivity contribution is -0.161. The molecule has 0 amide bonds. The van der Waals surface area contributed by atoms with Crippen LogP contribution in [0.25, 0.3) is 0 Å². The summed E-state index contributed by atoms with van der Waals surface area (Å²) in [6.07, 6.45) is 53.3. The largest absolute Gasteiger partial charge is 0.472 e. The van der Waals surface area contributed by atoms with Crippen LogP contribution in [-0.2, 0) is 65.4 Å². The Hall–Kier alpha value is -1.94. The number of hydrogen-bond acceptors (Lipinski definition) is 15. The molecule has 0 aliphatic carbocycles. The van der Waals surface area contributed by atoms with Crippen LogP contribution in [0.5, 0.6) is 0 Å². The molecule has 0 saturated heterocycles. The average Bonchev–Trinajstić information content (AvgIpc) is 1.76. The van der Waals surface area contributed by atoms with Crippen molar-refractivity contribution in [2.45, 2.75) is 400 Å². The molecular formula is C74H144O17P2. The number of ether oxygens (including phenoxy) is 4. The fourth-order valence-electron chi connectivity index (χ4n) is 11.3. The summed E-state index contributed by atoms with van der Waals surface area (Å²) < 4.78 is 68.2. The molecule has 0 aromatic carbocycles. The van der Waals surface area contributed by atoms with E-state index in [0.29, 0.717) is 25.7 Å². The van der Waals surface area contributed by atoms with Gasteiger partial charge in [-0.3, -0.25) is 37.3 Å². The van der Waals surface area contributed by atoms with Gasteiger partial charge < -0.3 is 33.8 Å². The van der Waals surface area contributed by atoms with E-state index in [9.17, 15) is 43.2 Å². The fraction of sp³-hybridized carbons (Fsp3) is 0.946. The predicted octanol–water partition coefficient (Wildman–Crippen LogP) is 21.6. The van der Waals surface area contributed by atoms with Crippen molar-refractivity contribution in [3.05, 3.63) is 0 Å². The molecule has 0 fully saturated rings. The summed E-state index contributed by atoms with van der Waals surface area (Å²) in [5, 5.41) is 10.6. The van der Waals surface area contributed by atoms with E-state index < -0.39 is 97.5 Å². The van der Waals surface area contributed by atoms with Gasteiger partial charge in [-0.1, -0.05) is 330 Å². The molecule has 5 atom stereocenters. The first kappa shape index (κ1) is 91.1. The maximum atomic E-state index is 13.1. The highest BCUT2D eigenvalue weighted by atomic mass is 31.2. The Morgan fingerprint density at radius 2 is 0.495 bits per heavy atom. The Labute approximate surface area is 568 Å². The van der Waals surface area contributed by atoms with Crippen LogP contribution in [0.15, 0.2) is 0 Å². The van der Waals surface area contributed by atoms with Crippen LogP contribution < -0.4 is 0 Å². The number of esters is 4. The minimum absolute atomic E-state index is 0.104. The number of rotatable bonds is 73. The highest BCUT2D eigenvalue weighted by Crippen LogP contribution is 2.45. The van der Waals surface area contributed by atoms with Gasteiger partial charge in [-0.25, -0.2) is 9.13 Å². The van der Waals surface area contributed by atoms with E-state index in [4.69, 9.17) is 37.0 Å². The number of aliphatic hydroxyl groups is 1. The average molecular weight is 1370 g/mol. The molecule has 0 aliphatic rings. The number of phosphoric acid groups is 2. The van der Waals surface area contributed by atoms with E-state index in [1.54, 1.807) is 0 Å². The van der Waals surface area contributed by atoms with Gasteiger partial charge in [-0.15, -0.1) is 0 Å². The molecular weight excluding hydrogens is 1220 g/mol. The summed E-state index contributed by atoms with van der Waals surface area (Å²) in [6.45, 7) is 9.48. The second-order valence-electron chi connectivity index (χ2n) is 27.6. The van der Waals surface area contributed by atoms with Gasteiger partial charge in [0.25, 0.3) is 0 Å². The molecule has 0 aromatic rings. The maximum absolute atomic E-state index is 13.1. The SMILES string of the molecule is CCCCCCCCCCCCCCCCCCCCCCC(=O)O[C@H](COC(=O)CCCCCCCCCCCCCCCC(C)C)COP(=O)(O)OC[C@@H](O)COP(=O)(O)OC[C@@H](COC(=O)CCCCCCC)OC(=O)CCCCCCCCCCCC(C)C. The Kier molecular flexibility index (Phi) is 64.6. The molecule has 552 valence electrons. The molecule has 0 aliphatic heterocycles. The Morgan fingerprint density at radius 1 is 0.290 bits per heavy atom. The van der Waals surface area contributed by atoms with Crippen molar-refractivity contribution < 1.29 is 80.2 Å². The topological polar surface area (TPSA) is 237 Å². The number of phosphoric ester groups is 2. The van der Waals surface area contributed by atoms with Crippen molar-refractivity contribution in [3.8, 4) is 0 Å². The molecule has 0 aromatic heterocycles. The summed E-state index contributed by atoms with van der Waals surface area (Å²) in [6, 6.07) is 0. The highest BCUT2D eigenvalue weighted by molar-refractivity contribution is 7.47. The molecule has 0 spiro atoms. The Bertz CT molecular complexity index is 1800. The molecule has 0 bridgehead atoms. The molecule has 0 radical (unpaired) electrons. The second-order valence-corrected chi connectivity index (χ2v) is 30.5. The smallest absolute Gasteiger partial charge is 0.462 e. The van der Waals surface area contributed by atoms with Gasteiger partial charge in [0.05, 0.1) is 26.4 Å².